The lowest BCUT2D eigenvalue weighted by Crippen LogP contribution is -2.34. The third kappa shape index (κ3) is 4.48. The Kier molecular flexibility index (Phi) is 5.01. The van der Waals surface area contributed by atoms with Crippen molar-refractivity contribution in [2.45, 2.75) is 51.6 Å². The number of hydrogen-bond acceptors (Lipinski definition) is 4. The van der Waals surface area contributed by atoms with Crippen LogP contribution in [0.3, 0.4) is 0 Å². The molecule has 4 heteroatoms. The monoisotopic (exact) mass is 237 g/mol. The van der Waals surface area contributed by atoms with E-state index in [1.54, 1.807) is 0 Å². The number of hydrogen-bond donors (Lipinski definition) is 2. The molecule has 1 fully saturated rings. The fraction of sp³-hybridized carbons (Fsp3) is 0.769. The van der Waals surface area contributed by atoms with E-state index in [9.17, 15) is 0 Å². The molecular weight excluding hydrogens is 214 g/mol. The smallest absolute Gasteiger partial charge is 0.133 e. The van der Waals surface area contributed by atoms with Crippen molar-refractivity contribution in [1.82, 2.24) is 15.8 Å². The van der Waals surface area contributed by atoms with E-state index in [1.165, 1.54) is 38.6 Å². The molecule has 1 saturated heterocycles. The van der Waals surface area contributed by atoms with Crippen LogP contribution in [0.2, 0.25) is 0 Å². The molecule has 1 aliphatic heterocycles. The molecule has 0 aliphatic carbocycles. The molecule has 0 spiro atoms. The first-order valence-corrected chi connectivity index (χ1v) is 6.71. The molecule has 1 atom stereocenters. The average molecular weight is 237 g/mol. The Hall–Kier alpha value is -0.870. The van der Waals surface area contributed by atoms with E-state index >= 15 is 0 Å². The highest BCUT2D eigenvalue weighted by atomic mass is 16.5. The molecule has 0 bridgehead atoms. The predicted molar refractivity (Wildman–Crippen MR) is 67.8 cm³/mol. The molecule has 2 N–H and O–H groups in total. The molecule has 2 rings (SSSR count). The Bertz CT molecular complexity index is 318. The van der Waals surface area contributed by atoms with E-state index in [0.717, 1.165) is 30.6 Å². The van der Waals surface area contributed by atoms with Gasteiger partial charge in [0, 0.05) is 18.7 Å². The summed E-state index contributed by atoms with van der Waals surface area (Å²) in [5, 5.41) is 10.9. The molecule has 0 radical (unpaired) electrons. The van der Waals surface area contributed by atoms with Crippen LogP contribution in [0.1, 0.15) is 43.6 Å². The summed E-state index contributed by atoms with van der Waals surface area (Å²) in [6.45, 7) is 5.00. The summed E-state index contributed by atoms with van der Waals surface area (Å²) in [7, 11) is 0. The topological polar surface area (TPSA) is 50.1 Å². The van der Waals surface area contributed by atoms with Crippen LogP contribution >= 0.6 is 0 Å². The molecular formula is C13H23N3O. The molecule has 1 unspecified atom stereocenters. The molecule has 0 amide bonds. The fourth-order valence-corrected chi connectivity index (χ4v) is 2.36. The highest BCUT2D eigenvalue weighted by Gasteiger charge is 2.11. The predicted octanol–water partition coefficient (Wildman–Crippen LogP) is 1.99. The maximum absolute atomic E-state index is 5.02. The summed E-state index contributed by atoms with van der Waals surface area (Å²) in [5.74, 6) is 0.883. The van der Waals surface area contributed by atoms with Gasteiger partial charge in [-0.05, 0) is 45.7 Å². The number of aryl methyl sites for hydroxylation is 1. The second-order valence-electron chi connectivity index (χ2n) is 4.89. The van der Waals surface area contributed by atoms with Gasteiger partial charge in [0.2, 0.25) is 0 Å². The van der Waals surface area contributed by atoms with E-state index in [-0.39, 0.29) is 0 Å². The van der Waals surface area contributed by atoms with Crippen molar-refractivity contribution in [2.24, 2.45) is 0 Å². The Morgan fingerprint density at radius 1 is 1.53 bits per heavy atom. The highest BCUT2D eigenvalue weighted by molar-refractivity contribution is 5.02. The molecule has 2 heterocycles. The zero-order valence-electron chi connectivity index (χ0n) is 10.7. The Labute approximate surface area is 103 Å². The van der Waals surface area contributed by atoms with Gasteiger partial charge in [0.15, 0.2) is 0 Å². The minimum absolute atomic E-state index is 0.750. The second-order valence-corrected chi connectivity index (χ2v) is 4.89. The molecule has 4 nitrogen and oxygen atoms in total. The second kappa shape index (κ2) is 6.77. The third-order valence-electron chi connectivity index (χ3n) is 3.30. The zero-order chi connectivity index (χ0) is 11.9. The van der Waals surface area contributed by atoms with Crippen molar-refractivity contribution in [3.63, 3.8) is 0 Å². The standard InChI is InChI=1S/C13H23N3O/c1-11-9-13(16-17-11)10-14-7-4-6-12-5-2-3-8-15-12/h9,12,14-15H,2-8,10H2,1H3. The van der Waals surface area contributed by atoms with Crippen LogP contribution in [0.4, 0.5) is 0 Å². The van der Waals surface area contributed by atoms with Gasteiger partial charge in [-0.25, -0.2) is 0 Å². The lowest BCUT2D eigenvalue weighted by molar-refractivity contribution is 0.370. The first kappa shape index (κ1) is 12.6. The van der Waals surface area contributed by atoms with Crippen LogP contribution in [0.5, 0.6) is 0 Å². The quantitative estimate of drug-likeness (QED) is 0.743. The van der Waals surface area contributed by atoms with Gasteiger partial charge in [-0.15, -0.1) is 0 Å². The van der Waals surface area contributed by atoms with E-state index in [0.29, 0.717) is 0 Å². The van der Waals surface area contributed by atoms with E-state index in [4.69, 9.17) is 4.52 Å². The van der Waals surface area contributed by atoms with Crippen LogP contribution in [0.25, 0.3) is 0 Å². The minimum atomic E-state index is 0.750. The van der Waals surface area contributed by atoms with Crippen LogP contribution < -0.4 is 10.6 Å². The van der Waals surface area contributed by atoms with E-state index in [2.05, 4.69) is 15.8 Å². The maximum atomic E-state index is 5.02. The molecule has 1 aliphatic rings. The van der Waals surface area contributed by atoms with Crippen LogP contribution in [0, 0.1) is 6.92 Å². The largest absolute Gasteiger partial charge is 0.361 e. The van der Waals surface area contributed by atoms with Gasteiger partial charge in [0.05, 0.1) is 5.69 Å². The van der Waals surface area contributed by atoms with Crippen molar-refractivity contribution in [3.05, 3.63) is 17.5 Å². The molecule has 17 heavy (non-hydrogen) atoms. The first-order chi connectivity index (χ1) is 8.34. The summed E-state index contributed by atoms with van der Waals surface area (Å²) in [6.07, 6.45) is 6.60. The van der Waals surface area contributed by atoms with Crippen molar-refractivity contribution in [2.75, 3.05) is 13.1 Å². The van der Waals surface area contributed by atoms with Crippen molar-refractivity contribution >= 4 is 0 Å². The SMILES string of the molecule is Cc1cc(CNCCCC2CCCCN2)no1. The van der Waals surface area contributed by atoms with Gasteiger partial charge in [0.1, 0.15) is 5.76 Å². The van der Waals surface area contributed by atoms with Crippen molar-refractivity contribution < 1.29 is 4.52 Å². The summed E-state index contributed by atoms with van der Waals surface area (Å²) >= 11 is 0. The maximum Gasteiger partial charge on any atom is 0.133 e. The number of piperidine rings is 1. The van der Waals surface area contributed by atoms with Gasteiger partial charge in [-0.3, -0.25) is 0 Å². The Morgan fingerprint density at radius 2 is 2.47 bits per heavy atom. The summed E-state index contributed by atoms with van der Waals surface area (Å²) < 4.78 is 5.02. The normalized spacial score (nSPS) is 20.6. The highest BCUT2D eigenvalue weighted by Crippen LogP contribution is 2.11. The third-order valence-corrected chi connectivity index (χ3v) is 3.30. The number of rotatable bonds is 6. The first-order valence-electron chi connectivity index (χ1n) is 6.71. The van der Waals surface area contributed by atoms with Gasteiger partial charge < -0.3 is 15.2 Å². The van der Waals surface area contributed by atoms with Gasteiger partial charge in [-0.1, -0.05) is 11.6 Å². The lowest BCUT2D eigenvalue weighted by Gasteiger charge is -2.23. The average Bonchev–Trinajstić information content (AvgIpc) is 2.76. The minimum Gasteiger partial charge on any atom is -0.361 e. The molecule has 0 saturated carbocycles. The Morgan fingerprint density at radius 3 is 3.18 bits per heavy atom. The number of nitrogens with zero attached hydrogens (tertiary/aromatic N) is 1. The van der Waals surface area contributed by atoms with Crippen LogP contribution in [-0.2, 0) is 6.54 Å². The lowest BCUT2D eigenvalue weighted by atomic mass is 10.0. The summed E-state index contributed by atoms with van der Waals surface area (Å²) in [4.78, 5) is 0. The van der Waals surface area contributed by atoms with Crippen LogP contribution in [0.15, 0.2) is 10.6 Å². The molecule has 1 aromatic heterocycles. The fourth-order valence-electron chi connectivity index (χ4n) is 2.36. The molecule has 96 valence electrons. The van der Waals surface area contributed by atoms with Crippen LogP contribution in [-0.4, -0.2) is 24.3 Å². The number of aromatic nitrogens is 1. The van der Waals surface area contributed by atoms with E-state index < -0.39 is 0 Å². The number of nitrogens with one attached hydrogen (secondary N) is 2. The molecule has 1 aromatic rings. The molecule has 0 aromatic carbocycles. The van der Waals surface area contributed by atoms with Crippen molar-refractivity contribution in [1.29, 1.82) is 0 Å². The van der Waals surface area contributed by atoms with E-state index in [1.807, 2.05) is 13.0 Å². The summed E-state index contributed by atoms with van der Waals surface area (Å²) in [6, 6.07) is 2.73. The van der Waals surface area contributed by atoms with Gasteiger partial charge >= 0.3 is 0 Å². The van der Waals surface area contributed by atoms with Crippen molar-refractivity contribution in [3.8, 4) is 0 Å². The zero-order valence-corrected chi connectivity index (χ0v) is 10.7. The van der Waals surface area contributed by atoms with Gasteiger partial charge in [-0.2, -0.15) is 0 Å². The Balaban J connectivity index is 1.51. The van der Waals surface area contributed by atoms with Gasteiger partial charge in [0.25, 0.3) is 0 Å². The summed E-state index contributed by atoms with van der Waals surface area (Å²) in [5.41, 5.74) is 0.998.